The van der Waals surface area contributed by atoms with Crippen LogP contribution in [0.25, 0.3) is 11.1 Å². The van der Waals surface area contributed by atoms with E-state index in [2.05, 4.69) is 64.5 Å². The molecule has 0 aliphatic heterocycles. The molecule has 0 saturated carbocycles. The van der Waals surface area contributed by atoms with E-state index in [1.807, 2.05) is 12.1 Å². The fourth-order valence-electron chi connectivity index (χ4n) is 2.48. The van der Waals surface area contributed by atoms with Crippen molar-refractivity contribution < 1.29 is 39.5 Å². The lowest BCUT2D eigenvalue weighted by Gasteiger charge is -2.33. The minimum absolute atomic E-state index is 0. The largest absolute Gasteiger partial charge is 0.460 e. The zero-order chi connectivity index (χ0) is 24.2. The van der Waals surface area contributed by atoms with E-state index < -0.39 is 29.5 Å². The smallest absolute Gasteiger partial charge is 0.197 e. The maximum atomic E-state index is 13.3. The Morgan fingerprint density at radius 3 is 1.18 bits per heavy atom. The van der Waals surface area contributed by atoms with E-state index in [-0.39, 0.29) is 18.0 Å². The van der Waals surface area contributed by atoms with Gasteiger partial charge in [0.25, 0.3) is 0 Å². The molecule has 0 bridgehead atoms. The SMILES string of the molecule is FC(F)(F)C(F)(F)C(F)(F)C(F)(F)c1ccc(Br)cc1.S.c1ccc(-c2ccccc2)cc1. The number of halogens is 10. The summed E-state index contributed by atoms with van der Waals surface area (Å²) in [6.45, 7) is 0. The van der Waals surface area contributed by atoms with Crippen molar-refractivity contribution in [3.8, 4) is 11.1 Å². The van der Waals surface area contributed by atoms with Gasteiger partial charge >= 0.3 is 23.9 Å². The van der Waals surface area contributed by atoms with Gasteiger partial charge in [0.1, 0.15) is 0 Å². The average molecular weight is 563 g/mol. The van der Waals surface area contributed by atoms with Gasteiger partial charge in [-0.3, -0.25) is 0 Å². The lowest BCUT2D eigenvalue weighted by atomic mass is 9.97. The van der Waals surface area contributed by atoms with Crippen LogP contribution in [0, 0.1) is 0 Å². The van der Waals surface area contributed by atoms with Crippen molar-refractivity contribution in [1.82, 2.24) is 0 Å². The maximum Gasteiger partial charge on any atom is 0.460 e. The minimum atomic E-state index is -6.88. The van der Waals surface area contributed by atoms with Gasteiger partial charge in [0.2, 0.25) is 0 Å². The highest BCUT2D eigenvalue weighted by Crippen LogP contribution is 2.56. The minimum Gasteiger partial charge on any atom is -0.197 e. The van der Waals surface area contributed by atoms with Crippen LogP contribution in [0.1, 0.15) is 5.56 Å². The van der Waals surface area contributed by atoms with E-state index in [0.29, 0.717) is 12.1 Å². The van der Waals surface area contributed by atoms with Gasteiger partial charge < -0.3 is 0 Å². The van der Waals surface area contributed by atoms with Crippen LogP contribution >= 0.6 is 29.4 Å². The molecule has 0 heterocycles. The molecule has 0 nitrogen and oxygen atoms in total. The van der Waals surface area contributed by atoms with Gasteiger partial charge in [-0.05, 0) is 23.3 Å². The maximum absolute atomic E-state index is 13.3. The molecule has 0 aliphatic rings. The second kappa shape index (κ2) is 10.9. The molecule has 0 amide bonds. The second-order valence-corrected chi connectivity index (χ2v) is 7.38. The van der Waals surface area contributed by atoms with E-state index in [0.717, 1.165) is 12.1 Å². The molecule has 3 aromatic carbocycles. The Balaban J connectivity index is 0.000000356. The summed E-state index contributed by atoms with van der Waals surface area (Å²) < 4.78 is 114. The van der Waals surface area contributed by atoms with Crippen LogP contribution in [0.2, 0.25) is 0 Å². The summed E-state index contributed by atoms with van der Waals surface area (Å²) in [5.41, 5.74) is 0.894. The lowest BCUT2D eigenvalue weighted by molar-refractivity contribution is -0.399. The van der Waals surface area contributed by atoms with Gasteiger partial charge in [-0.15, -0.1) is 0 Å². The number of hydrogen-bond donors (Lipinski definition) is 0. The molecule has 0 saturated heterocycles. The molecule has 0 aromatic heterocycles. The van der Waals surface area contributed by atoms with Gasteiger partial charge in [0, 0.05) is 10.0 Å². The van der Waals surface area contributed by atoms with E-state index in [4.69, 9.17) is 0 Å². The van der Waals surface area contributed by atoms with Crippen molar-refractivity contribution in [1.29, 1.82) is 0 Å². The first kappa shape index (κ1) is 28.9. The molecular formula is C22H16BrF9S. The summed E-state index contributed by atoms with van der Waals surface area (Å²) >= 11 is 2.77. The van der Waals surface area contributed by atoms with Crippen LogP contribution in [0.4, 0.5) is 39.5 Å². The number of alkyl halides is 9. The first-order chi connectivity index (χ1) is 14.7. The van der Waals surface area contributed by atoms with Gasteiger partial charge in [0.05, 0.1) is 0 Å². The monoisotopic (exact) mass is 562 g/mol. The fraction of sp³-hybridized carbons (Fsp3) is 0.182. The predicted octanol–water partition coefficient (Wildman–Crippen LogP) is 8.84. The fourth-order valence-corrected chi connectivity index (χ4v) is 2.74. The van der Waals surface area contributed by atoms with Crippen LogP contribution in [0.15, 0.2) is 89.4 Å². The normalized spacial score (nSPS) is 12.3. The summed E-state index contributed by atoms with van der Waals surface area (Å²) in [6, 6.07) is 23.1. The second-order valence-electron chi connectivity index (χ2n) is 6.46. The van der Waals surface area contributed by atoms with E-state index in [1.165, 1.54) is 11.1 Å². The standard InChI is InChI=1S/C12H10.C10H4BrF9.H2S/c1-3-7-11(8-4-1)12-9-5-2-6-10-12;11-6-3-1-5(2-4-6)7(12,13)8(14,15)9(16,17)10(18,19)20;/h1-10H;1-4H;1H2. The van der Waals surface area contributed by atoms with Crippen molar-refractivity contribution in [2.24, 2.45) is 0 Å². The number of benzene rings is 3. The molecule has 33 heavy (non-hydrogen) atoms. The molecule has 0 atom stereocenters. The van der Waals surface area contributed by atoms with Crippen molar-refractivity contribution in [3.05, 3.63) is 95.0 Å². The van der Waals surface area contributed by atoms with E-state index in [1.54, 1.807) is 0 Å². The molecule has 0 radical (unpaired) electrons. The summed E-state index contributed by atoms with van der Waals surface area (Å²) in [6.07, 6.45) is -6.81. The van der Waals surface area contributed by atoms with Crippen molar-refractivity contribution in [2.45, 2.75) is 23.9 Å². The summed E-state index contributed by atoms with van der Waals surface area (Å²) in [5.74, 6) is -19.2. The van der Waals surface area contributed by atoms with Gasteiger partial charge in [-0.1, -0.05) is 88.7 Å². The van der Waals surface area contributed by atoms with Crippen molar-refractivity contribution >= 4 is 29.4 Å². The molecule has 0 unspecified atom stereocenters. The van der Waals surface area contributed by atoms with Crippen LogP contribution < -0.4 is 0 Å². The Morgan fingerprint density at radius 2 is 0.848 bits per heavy atom. The van der Waals surface area contributed by atoms with E-state index >= 15 is 0 Å². The van der Waals surface area contributed by atoms with Gasteiger partial charge in [0.15, 0.2) is 0 Å². The summed E-state index contributed by atoms with van der Waals surface area (Å²) in [4.78, 5) is 0. The first-order valence-electron chi connectivity index (χ1n) is 8.78. The van der Waals surface area contributed by atoms with E-state index in [9.17, 15) is 39.5 Å². The van der Waals surface area contributed by atoms with Gasteiger partial charge in [-0.2, -0.15) is 53.0 Å². The summed E-state index contributed by atoms with van der Waals surface area (Å²) in [5, 5.41) is 0. The Kier molecular flexibility index (Phi) is 9.51. The topological polar surface area (TPSA) is 0 Å². The molecule has 0 aliphatic carbocycles. The first-order valence-corrected chi connectivity index (χ1v) is 9.58. The van der Waals surface area contributed by atoms with Crippen LogP contribution in [0.3, 0.4) is 0 Å². The third-order valence-corrected chi connectivity index (χ3v) is 4.76. The van der Waals surface area contributed by atoms with Crippen LogP contribution in [-0.4, -0.2) is 18.0 Å². The molecule has 11 heteroatoms. The highest BCUT2D eigenvalue weighted by molar-refractivity contribution is 9.10. The third-order valence-electron chi connectivity index (χ3n) is 4.23. The Labute approximate surface area is 199 Å². The molecule has 180 valence electrons. The highest BCUT2D eigenvalue weighted by Gasteiger charge is 2.81. The number of hydrogen-bond acceptors (Lipinski definition) is 0. The highest BCUT2D eigenvalue weighted by atomic mass is 79.9. The predicted molar refractivity (Wildman–Crippen MR) is 116 cm³/mol. The zero-order valence-corrected chi connectivity index (χ0v) is 18.9. The summed E-state index contributed by atoms with van der Waals surface area (Å²) in [7, 11) is 0. The third kappa shape index (κ3) is 6.26. The average Bonchev–Trinajstić information content (AvgIpc) is 2.75. The Bertz CT molecular complexity index is 952. The molecule has 3 rings (SSSR count). The van der Waals surface area contributed by atoms with Crippen LogP contribution in [-0.2, 0) is 5.92 Å². The zero-order valence-electron chi connectivity index (χ0n) is 16.4. The number of rotatable bonds is 4. The lowest BCUT2D eigenvalue weighted by Crippen LogP contribution is -2.59. The van der Waals surface area contributed by atoms with Crippen LogP contribution in [0.5, 0.6) is 0 Å². The molecular weight excluding hydrogens is 547 g/mol. The molecule has 0 fully saturated rings. The Morgan fingerprint density at radius 1 is 0.485 bits per heavy atom. The quantitative estimate of drug-likeness (QED) is 0.279. The molecule has 3 aromatic rings. The molecule has 0 spiro atoms. The van der Waals surface area contributed by atoms with Gasteiger partial charge in [-0.25, -0.2) is 0 Å². The van der Waals surface area contributed by atoms with Crippen molar-refractivity contribution in [2.75, 3.05) is 0 Å². The van der Waals surface area contributed by atoms with Crippen molar-refractivity contribution in [3.63, 3.8) is 0 Å². The molecule has 0 N–H and O–H groups in total. The Hall–Kier alpha value is -2.14.